The molecule has 1 fully saturated rings. The van der Waals surface area contributed by atoms with Crippen LogP contribution in [0.15, 0.2) is 29.2 Å². The fourth-order valence-electron chi connectivity index (χ4n) is 2.69. The van der Waals surface area contributed by atoms with Crippen molar-refractivity contribution in [2.45, 2.75) is 44.0 Å². The smallest absolute Gasteiger partial charge is 0.0343 e. The minimum atomic E-state index is 0.652. The van der Waals surface area contributed by atoms with Crippen molar-refractivity contribution in [2.24, 2.45) is 11.8 Å². The van der Waals surface area contributed by atoms with E-state index < -0.39 is 0 Å². The van der Waals surface area contributed by atoms with Crippen LogP contribution in [-0.2, 0) is 0 Å². The average molecular weight is 249 g/mol. The summed E-state index contributed by atoms with van der Waals surface area (Å²) in [5.41, 5.74) is 1.27. The summed E-state index contributed by atoms with van der Waals surface area (Å²) >= 11 is 1.80. The predicted molar refractivity (Wildman–Crippen MR) is 77.8 cm³/mol. The van der Waals surface area contributed by atoms with Crippen molar-refractivity contribution in [1.29, 1.82) is 0 Å². The minimum Gasteiger partial charge on any atom is -0.382 e. The van der Waals surface area contributed by atoms with Crippen LogP contribution in [0.3, 0.4) is 0 Å². The van der Waals surface area contributed by atoms with E-state index in [0.29, 0.717) is 6.04 Å². The quantitative estimate of drug-likeness (QED) is 0.783. The molecule has 1 aliphatic rings. The molecule has 3 unspecified atom stereocenters. The molecule has 0 amide bonds. The zero-order valence-electron chi connectivity index (χ0n) is 11.1. The highest BCUT2D eigenvalue weighted by Crippen LogP contribution is 2.31. The fourth-order valence-corrected chi connectivity index (χ4v) is 3.10. The van der Waals surface area contributed by atoms with Crippen molar-refractivity contribution in [3.05, 3.63) is 24.3 Å². The van der Waals surface area contributed by atoms with Crippen molar-refractivity contribution in [3.8, 4) is 0 Å². The van der Waals surface area contributed by atoms with Gasteiger partial charge in [0.05, 0.1) is 0 Å². The van der Waals surface area contributed by atoms with E-state index in [4.69, 9.17) is 0 Å². The number of thioether (sulfide) groups is 1. The van der Waals surface area contributed by atoms with Crippen LogP contribution in [0.2, 0.25) is 0 Å². The van der Waals surface area contributed by atoms with E-state index in [2.05, 4.69) is 49.7 Å². The number of benzene rings is 1. The van der Waals surface area contributed by atoms with E-state index in [0.717, 1.165) is 11.8 Å². The second kappa shape index (κ2) is 5.81. The van der Waals surface area contributed by atoms with Crippen LogP contribution >= 0.6 is 11.8 Å². The zero-order valence-corrected chi connectivity index (χ0v) is 11.9. The third-order valence-electron chi connectivity index (χ3n) is 4.15. The highest BCUT2D eigenvalue weighted by atomic mass is 32.2. The molecule has 17 heavy (non-hydrogen) atoms. The molecule has 1 aliphatic carbocycles. The summed E-state index contributed by atoms with van der Waals surface area (Å²) in [5, 5.41) is 3.70. The van der Waals surface area contributed by atoms with E-state index in [1.807, 2.05) is 0 Å². The fraction of sp³-hybridized carbons (Fsp3) is 0.600. The lowest BCUT2D eigenvalue weighted by molar-refractivity contribution is 0.253. The SMILES string of the molecule is CSc1ccc(NC2CCCC(C)C2C)cc1. The molecule has 1 saturated carbocycles. The molecule has 0 radical (unpaired) electrons. The molecule has 94 valence electrons. The van der Waals surface area contributed by atoms with Crippen LogP contribution in [0.25, 0.3) is 0 Å². The van der Waals surface area contributed by atoms with E-state index in [9.17, 15) is 0 Å². The Bertz CT molecular complexity index is 346. The predicted octanol–water partition coefficient (Wildman–Crippen LogP) is 4.65. The minimum absolute atomic E-state index is 0.652. The van der Waals surface area contributed by atoms with Crippen LogP contribution in [0.1, 0.15) is 33.1 Å². The van der Waals surface area contributed by atoms with Crippen molar-refractivity contribution in [3.63, 3.8) is 0 Å². The Morgan fingerprint density at radius 2 is 1.82 bits per heavy atom. The van der Waals surface area contributed by atoms with Gasteiger partial charge >= 0.3 is 0 Å². The van der Waals surface area contributed by atoms with Gasteiger partial charge in [-0.2, -0.15) is 0 Å². The lowest BCUT2D eigenvalue weighted by Crippen LogP contribution is -2.34. The van der Waals surface area contributed by atoms with Gasteiger partial charge in [0.2, 0.25) is 0 Å². The van der Waals surface area contributed by atoms with Crippen LogP contribution in [0.4, 0.5) is 5.69 Å². The molecule has 0 heterocycles. The molecule has 2 rings (SSSR count). The third-order valence-corrected chi connectivity index (χ3v) is 4.89. The summed E-state index contributed by atoms with van der Waals surface area (Å²) in [6.45, 7) is 4.77. The zero-order chi connectivity index (χ0) is 12.3. The number of anilines is 1. The molecular weight excluding hydrogens is 226 g/mol. The highest BCUT2D eigenvalue weighted by molar-refractivity contribution is 7.98. The molecule has 3 atom stereocenters. The van der Waals surface area contributed by atoms with Gasteiger partial charge in [0.1, 0.15) is 0 Å². The van der Waals surface area contributed by atoms with Crippen LogP contribution in [0.5, 0.6) is 0 Å². The van der Waals surface area contributed by atoms with Crippen molar-refractivity contribution in [2.75, 3.05) is 11.6 Å². The summed E-state index contributed by atoms with van der Waals surface area (Å²) in [6, 6.07) is 9.46. The van der Waals surface area contributed by atoms with Crippen molar-refractivity contribution >= 4 is 17.4 Å². The number of nitrogens with one attached hydrogen (secondary N) is 1. The molecule has 0 bridgehead atoms. The van der Waals surface area contributed by atoms with E-state index in [1.54, 1.807) is 11.8 Å². The van der Waals surface area contributed by atoms with E-state index in [-0.39, 0.29) is 0 Å². The van der Waals surface area contributed by atoms with Crippen molar-refractivity contribution in [1.82, 2.24) is 0 Å². The van der Waals surface area contributed by atoms with E-state index in [1.165, 1.54) is 29.8 Å². The van der Waals surface area contributed by atoms with E-state index >= 15 is 0 Å². The van der Waals surface area contributed by atoms with Crippen LogP contribution in [0, 0.1) is 11.8 Å². The molecule has 2 heteroatoms. The van der Waals surface area contributed by atoms with Gasteiger partial charge < -0.3 is 5.32 Å². The maximum absolute atomic E-state index is 3.70. The Balaban J connectivity index is 1.99. The lowest BCUT2D eigenvalue weighted by atomic mass is 9.78. The van der Waals surface area contributed by atoms with Crippen LogP contribution in [-0.4, -0.2) is 12.3 Å². The summed E-state index contributed by atoms with van der Waals surface area (Å²) in [7, 11) is 0. The van der Waals surface area contributed by atoms with Gasteiger partial charge in [-0.05, 0) is 48.8 Å². The Hall–Kier alpha value is -0.630. The molecule has 0 aliphatic heterocycles. The Labute approximate surface area is 109 Å². The second-order valence-electron chi connectivity index (χ2n) is 5.25. The van der Waals surface area contributed by atoms with Crippen molar-refractivity contribution < 1.29 is 0 Å². The standard InChI is InChI=1S/C15H23NS/c1-11-5-4-6-15(12(11)2)16-13-7-9-14(17-3)10-8-13/h7-12,15-16H,4-6H2,1-3H3. The normalized spacial score (nSPS) is 29.0. The van der Waals surface area contributed by atoms with Gasteiger partial charge in [-0.25, -0.2) is 0 Å². The topological polar surface area (TPSA) is 12.0 Å². The van der Waals surface area contributed by atoms with Gasteiger partial charge in [0, 0.05) is 16.6 Å². The number of hydrogen-bond donors (Lipinski definition) is 1. The van der Waals surface area contributed by atoms with Gasteiger partial charge in [-0.15, -0.1) is 11.8 Å². The van der Waals surface area contributed by atoms with Gasteiger partial charge in [0.25, 0.3) is 0 Å². The Kier molecular flexibility index (Phi) is 4.38. The number of hydrogen-bond acceptors (Lipinski definition) is 2. The maximum Gasteiger partial charge on any atom is 0.0343 e. The Morgan fingerprint density at radius 1 is 1.12 bits per heavy atom. The summed E-state index contributed by atoms with van der Waals surface area (Å²) < 4.78 is 0. The third kappa shape index (κ3) is 3.19. The summed E-state index contributed by atoms with van der Waals surface area (Å²) in [4.78, 5) is 1.33. The first-order valence-corrected chi connectivity index (χ1v) is 7.84. The van der Waals surface area contributed by atoms with Crippen LogP contribution < -0.4 is 5.32 Å². The molecule has 1 nitrogen and oxygen atoms in total. The molecule has 1 N–H and O–H groups in total. The largest absolute Gasteiger partial charge is 0.382 e. The second-order valence-corrected chi connectivity index (χ2v) is 6.13. The van der Waals surface area contributed by atoms with Gasteiger partial charge in [-0.1, -0.05) is 26.7 Å². The average Bonchev–Trinajstić information content (AvgIpc) is 2.36. The summed E-state index contributed by atoms with van der Waals surface area (Å²) in [6.07, 6.45) is 6.19. The molecule has 1 aromatic carbocycles. The number of rotatable bonds is 3. The molecule has 0 aromatic heterocycles. The molecule has 0 spiro atoms. The lowest BCUT2D eigenvalue weighted by Gasteiger charge is -2.35. The monoisotopic (exact) mass is 249 g/mol. The first-order valence-electron chi connectivity index (χ1n) is 6.61. The summed E-state index contributed by atoms with van der Waals surface area (Å²) in [5.74, 6) is 1.63. The first kappa shape index (κ1) is 12.8. The highest BCUT2D eigenvalue weighted by Gasteiger charge is 2.26. The first-order chi connectivity index (χ1) is 8.20. The maximum atomic E-state index is 3.70. The molecule has 1 aromatic rings. The molecule has 0 saturated heterocycles. The van der Waals surface area contributed by atoms with Gasteiger partial charge in [0.15, 0.2) is 0 Å². The van der Waals surface area contributed by atoms with Gasteiger partial charge in [-0.3, -0.25) is 0 Å². The molecular formula is C15H23NS. The Morgan fingerprint density at radius 3 is 2.47 bits per heavy atom.